The Hall–Kier alpha value is -2.57. The van der Waals surface area contributed by atoms with E-state index in [1.807, 2.05) is 0 Å². The number of nitrogens with zero attached hydrogens (tertiary/aromatic N) is 2. The van der Waals surface area contributed by atoms with E-state index in [1.54, 1.807) is 32.9 Å². The maximum Gasteiger partial charge on any atom is 0.354 e. The molecule has 0 bridgehead atoms. The number of hydrazone groups is 1. The zero-order chi connectivity index (χ0) is 16.8. The molecule has 0 aliphatic carbocycles. The van der Waals surface area contributed by atoms with Crippen molar-refractivity contribution in [3.8, 4) is 0 Å². The number of rotatable bonds is 5. The molecule has 1 aromatic rings. The van der Waals surface area contributed by atoms with E-state index in [9.17, 15) is 14.4 Å². The van der Waals surface area contributed by atoms with Crippen molar-refractivity contribution in [1.29, 1.82) is 0 Å². The Kier molecular flexibility index (Phi) is 5.91. The lowest BCUT2D eigenvalue weighted by atomic mass is 9.88. The van der Waals surface area contributed by atoms with Crippen molar-refractivity contribution < 1.29 is 19.1 Å². The minimum absolute atomic E-state index is 0.153. The van der Waals surface area contributed by atoms with Crippen molar-refractivity contribution in [2.45, 2.75) is 27.2 Å². The summed E-state index contributed by atoms with van der Waals surface area (Å²) in [4.78, 5) is 39.3. The number of pyridine rings is 1. The molecular weight excluding hydrogens is 286 g/mol. The van der Waals surface area contributed by atoms with E-state index in [-0.39, 0.29) is 23.5 Å². The SMILES string of the molecule is COC(=O)/C(CC(=O)C(C)(C)C)=N\NC(=O)c1cccnc1. The summed E-state index contributed by atoms with van der Waals surface area (Å²) in [5, 5.41) is 3.72. The average molecular weight is 305 g/mol. The number of Topliss-reactive ketones (excluding diaryl/α,β-unsaturated/α-hetero) is 1. The van der Waals surface area contributed by atoms with Crippen molar-refractivity contribution in [2.24, 2.45) is 10.5 Å². The third kappa shape index (κ3) is 5.08. The highest BCUT2D eigenvalue weighted by molar-refractivity contribution is 6.40. The smallest absolute Gasteiger partial charge is 0.354 e. The summed E-state index contributed by atoms with van der Waals surface area (Å²) in [6.45, 7) is 5.20. The van der Waals surface area contributed by atoms with Gasteiger partial charge >= 0.3 is 5.97 Å². The highest BCUT2D eigenvalue weighted by Crippen LogP contribution is 2.17. The molecule has 0 saturated heterocycles. The van der Waals surface area contributed by atoms with Crippen LogP contribution in [0.25, 0.3) is 0 Å². The summed E-state index contributed by atoms with van der Waals surface area (Å²) < 4.78 is 4.58. The Labute approximate surface area is 128 Å². The Morgan fingerprint density at radius 3 is 2.50 bits per heavy atom. The van der Waals surface area contributed by atoms with Gasteiger partial charge in [0.15, 0.2) is 5.71 Å². The third-order valence-corrected chi connectivity index (χ3v) is 2.80. The van der Waals surface area contributed by atoms with Gasteiger partial charge in [-0.3, -0.25) is 14.6 Å². The second kappa shape index (κ2) is 7.44. The van der Waals surface area contributed by atoms with Crippen LogP contribution in [0.1, 0.15) is 37.6 Å². The minimum Gasteiger partial charge on any atom is -0.464 e. The van der Waals surface area contributed by atoms with Gasteiger partial charge in [-0.2, -0.15) is 5.10 Å². The molecule has 118 valence electrons. The first-order chi connectivity index (χ1) is 10.3. The number of carbonyl (C=O) groups is 3. The number of hydrogen-bond donors (Lipinski definition) is 1. The molecule has 0 spiro atoms. The molecule has 22 heavy (non-hydrogen) atoms. The molecular formula is C15H19N3O4. The summed E-state index contributed by atoms with van der Waals surface area (Å²) in [5.41, 5.74) is 1.74. The second-order valence-corrected chi connectivity index (χ2v) is 5.58. The van der Waals surface area contributed by atoms with Gasteiger partial charge in [0, 0.05) is 17.8 Å². The number of carbonyl (C=O) groups excluding carboxylic acids is 3. The van der Waals surface area contributed by atoms with E-state index >= 15 is 0 Å². The Morgan fingerprint density at radius 2 is 2.00 bits per heavy atom. The monoisotopic (exact) mass is 305 g/mol. The van der Waals surface area contributed by atoms with E-state index in [1.165, 1.54) is 19.5 Å². The molecule has 0 aromatic carbocycles. The van der Waals surface area contributed by atoms with Crippen LogP contribution in [0.3, 0.4) is 0 Å². The molecule has 0 unspecified atom stereocenters. The Morgan fingerprint density at radius 1 is 1.32 bits per heavy atom. The fourth-order valence-corrected chi connectivity index (χ4v) is 1.37. The van der Waals surface area contributed by atoms with Gasteiger partial charge in [-0.1, -0.05) is 20.8 Å². The van der Waals surface area contributed by atoms with E-state index in [0.29, 0.717) is 0 Å². The van der Waals surface area contributed by atoms with Gasteiger partial charge in [0.25, 0.3) is 5.91 Å². The van der Waals surface area contributed by atoms with Crippen LogP contribution < -0.4 is 5.43 Å². The van der Waals surface area contributed by atoms with E-state index < -0.39 is 17.3 Å². The summed E-state index contributed by atoms with van der Waals surface area (Å²) in [6, 6.07) is 3.15. The van der Waals surface area contributed by atoms with Gasteiger partial charge in [0.2, 0.25) is 0 Å². The van der Waals surface area contributed by atoms with Crippen LogP contribution in [-0.2, 0) is 14.3 Å². The van der Waals surface area contributed by atoms with Gasteiger partial charge in [0.05, 0.1) is 19.1 Å². The van der Waals surface area contributed by atoms with Crippen LogP contribution in [0.15, 0.2) is 29.6 Å². The van der Waals surface area contributed by atoms with Crippen molar-refractivity contribution in [3.63, 3.8) is 0 Å². The number of aromatic nitrogens is 1. The van der Waals surface area contributed by atoms with Crippen molar-refractivity contribution in [2.75, 3.05) is 7.11 Å². The zero-order valence-corrected chi connectivity index (χ0v) is 13.0. The van der Waals surface area contributed by atoms with E-state index in [0.717, 1.165) is 0 Å². The molecule has 1 N–H and O–H groups in total. The van der Waals surface area contributed by atoms with Crippen molar-refractivity contribution >= 4 is 23.4 Å². The van der Waals surface area contributed by atoms with E-state index in [4.69, 9.17) is 0 Å². The number of nitrogens with one attached hydrogen (secondary N) is 1. The molecule has 0 fully saturated rings. The van der Waals surface area contributed by atoms with Crippen LogP contribution in [-0.4, -0.2) is 35.5 Å². The highest BCUT2D eigenvalue weighted by Gasteiger charge is 2.26. The van der Waals surface area contributed by atoms with Crippen LogP contribution in [0.2, 0.25) is 0 Å². The molecule has 7 heteroatoms. The summed E-state index contributed by atoms with van der Waals surface area (Å²) >= 11 is 0. The minimum atomic E-state index is -0.760. The Balaban J connectivity index is 2.86. The molecule has 1 rings (SSSR count). The fraction of sp³-hybridized carbons (Fsp3) is 0.400. The number of amides is 1. The van der Waals surface area contributed by atoms with Crippen LogP contribution in [0.5, 0.6) is 0 Å². The number of esters is 1. The lowest BCUT2D eigenvalue weighted by Crippen LogP contribution is -2.30. The molecule has 1 amide bonds. The second-order valence-electron chi connectivity index (χ2n) is 5.58. The lowest BCUT2D eigenvalue weighted by molar-refractivity contribution is -0.134. The molecule has 0 aliphatic heterocycles. The van der Waals surface area contributed by atoms with Crippen molar-refractivity contribution in [1.82, 2.24) is 10.4 Å². The number of hydrogen-bond acceptors (Lipinski definition) is 6. The maximum atomic E-state index is 12.0. The first-order valence-corrected chi connectivity index (χ1v) is 6.64. The van der Waals surface area contributed by atoms with Crippen LogP contribution >= 0.6 is 0 Å². The fourth-order valence-electron chi connectivity index (χ4n) is 1.37. The van der Waals surface area contributed by atoms with Crippen LogP contribution in [0, 0.1) is 5.41 Å². The van der Waals surface area contributed by atoms with Gasteiger partial charge in [0.1, 0.15) is 5.78 Å². The summed E-state index contributed by atoms with van der Waals surface area (Å²) in [7, 11) is 1.18. The molecule has 0 atom stereocenters. The zero-order valence-electron chi connectivity index (χ0n) is 13.0. The molecule has 0 saturated carbocycles. The average Bonchev–Trinajstić information content (AvgIpc) is 2.49. The third-order valence-electron chi connectivity index (χ3n) is 2.80. The van der Waals surface area contributed by atoms with Crippen molar-refractivity contribution in [3.05, 3.63) is 30.1 Å². The summed E-state index contributed by atoms with van der Waals surface area (Å²) in [6.07, 6.45) is 2.67. The molecule has 0 radical (unpaired) electrons. The first kappa shape index (κ1) is 17.5. The largest absolute Gasteiger partial charge is 0.464 e. The number of methoxy groups -OCH3 is 1. The van der Waals surface area contributed by atoms with Gasteiger partial charge in [-0.15, -0.1) is 0 Å². The predicted octanol–water partition coefficient (Wildman–Crippen LogP) is 1.35. The van der Waals surface area contributed by atoms with Gasteiger partial charge in [-0.25, -0.2) is 10.2 Å². The highest BCUT2D eigenvalue weighted by atomic mass is 16.5. The normalized spacial score (nSPS) is 11.7. The maximum absolute atomic E-state index is 12.0. The van der Waals surface area contributed by atoms with Gasteiger partial charge < -0.3 is 4.74 Å². The summed E-state index contributed by atoms with van der Waals surface area (Å²) in [5.74, 6) is -1.48. The van der Waals surface area contributed by atoms with Gasteiger partial charge in [-0.05, 0) is 12.1 Å². The standard InChI is InChI=1S/C15H19N3O4/c1-15(2,3)12(19)8-11(14(21)22-4)17-18-13(20)10-6-5-7-16-9-10/h5-7,9H,8H2,1-4H3,(H,18,20)/b17-11-. The molecule has 1 aromatic heterocycles. The molecule has 1 heterocycles. The van der Waals surface area contributed by atoms with Crippen LogP contribution in [0.4, 0.5) is 0 Å². The predicted molar refractivity (Wildman–Crippen MR) is 80.2 cm³/mol. The Bertz CT molecular complexity index is 589. The molecule has 7 nitrogen and oxygen atoms in total. The molecule has 0 aliphatic rings. The topological polar surface area (TPSA) is 97.7 Å². The quantitative estimate of drug-likeness (QED) is 0.503. The number of ether oxygens (including phenoxy) is 1. The number of ketones is 1. The van der Waals surface area contributed by atoms with E-state index in [2.05, 4.69) is 20.2 Å². The first-order valence-electron chi connectivity index (χ1n) is 6.64. The lowest BCUT2D eigenvalue weighted by Gasteiger charge is -2.16.